The summed E-state index contributed by atoms with van der Waals surface area (Å²) < 4.78 is 6.59. The van der Waals surface area contributed by atoms with Crippen LogP contribution in [0.3, 0.4) is 0 Å². The largest absolute Gasteiger partial charge is 0.493 e. The highest BCUT2D eigenvalue weighted by atomic mass is 79.9. The first kappa shape index (κ1) is 13.5. The Bertz CT molecular complexity index is 628. The van der Waals surface area contributed by atoms with E-state index in [1.54, 1.807) is 0 Å². The van der Waals surface area contributed by atoms with Crippen LogP contribution in [-0.2, 0) is 6.42 Å². The summed E-state index contributed by atoms with van der Waals surface area (Å²) in [5, 5.41) is 0.743. The molecule has 4 heteroatoms. The van der Waals surface area contributed by atoms with Crippen molar-refractivity contribution in [3.63, 3.8) is 0 Å². The molecule has 0 saturated heterocycles. The van der Waals surface area contributed by atoms with Gasteiger partial charge in [0.2, 0.25) is 0 Å². The lowest BCUT2D eigenvalue weighted by molar-refractivity contribution is 0.357. The summed E-state index contributed by atoms with van der Waals surface area (Å²) in [4.78, 5) is 0.117. The predicted octanol–water partition coefficient (Wildman–Crippen LogP) is 5.52. The number of ether oxygens (including phenoxy) is 1. The van der Waals surface area contributed by atoms with Crippen LogP contribution >= 0.6 is 43.5 Å². The molecular weight excluding hydrogens is 391 g/mol. The molecule has 2 aromatic rings. The van der Waals surface area contributed by atoms with Crippen molar-refractivity contribution in [1.29, 1.82) is 0 Å². The van der Waals surface area contributed by atoms with E-state index in [0.717, 1.165) is 33.8 Å². The van der Waals surface area contributed by atoms with Crippen molar-refractivity contribution in [3.8, 4) is 5.75 Å². The molecule has 19 heavy (non-hydrogen) atoms. The minimum atomic E-state index is 0.117. The number of halogens is 3. The summed E-state index contributed by atoms with van der Waals surface area (Å²) in [7, 11) is 0. The van der Waals surface area contributed by atoms with E-state index >= 15 is 0 Å². The maximum absolute atomic E-state index is 6.08. The van der Waals surface area contributed by atoms with Crippen molar-refractivity contribution in [2.24, 2.45) is 0 Å². The third-order valence-corrected chi connectivity index (χ3v) is 5.22. The van der Waals surface area contributed by atoms with Crippen LogP contribution in [0.4, 0.5) is 0 Å². The third-order valence-electron chi connectivity index (χ3n) is 3.24. The fraction of sp³-hybridized carbons (Fsp3) is 0.200. The number of hydrogen-bond acceptors (Lipinski definition) is 1. The van der Waals surface area contributed by atoms with E-state index in [1.807, 2.05) is 24.3 Å². The van der Waals surface area contributed by atoms with Crippen LogP contribution in [-0.4, -0.2) is 6.61 Å². The van der Waals surface area contributed by atoms with E-state index in [2.05, 4.69) is 44.0 Å². The first-order valence-corrected chi connectivity index (χ1v) is 8.08. The van der Waals surface area contributed by atoms with Gasteiger partial charge in [0.1, 0.15) is 5.75 Å². The van der Waals surface area contributed by atoms with Crippen molar-refractivity contribution in [3.05, 3.63) is 62.6 Å². The highest BCUT2D eigenvalue weighted by Gasteiger charge is 2.18. The summed E-state index contributed by atoms with van der Waals surface area (Å²) in [5.74, 6) is 1.01. The van der Waals surface area contributed by atoms with E-state index in [1.165, 1.54) is 11.1 Å². The van der Waals surface area contributed by atoms with Crippen LogP contribution in [0.15, 0.2) is 40.9 Å². The molecule has 0 aliphatic carbocycles. The molecule has 0 saturated carbocycles. The Morgan fingerprint density at radius 2 is 2.00 bits per heavy atom. The molecule has 2 aromatic carbocycles. The Morgan fingerprint density at radius 1 is 1.16 bits per heavy atom. The lowest BCUT2D eigenvalue weighted by atomic mass is 10.0. The van der Waals surface area contributed by atoms with Crippen LogP contribution in [0.5, 0.6) is 5.75 Å². The maximum Gasteiger partial charge on any atom is 0.122 e. The number of fused-ring (bicyclic) bond motifs is 1. The van der Waals surface area contributed by atoms with E-state index in [9.17, 15) is 0 Å². The minimum absolute atomic E-state index is 0.117. The zero-order valence-electron chi connectivity index (χ0n) is 10.00. The molecule has 1 aliphatic heterocycles. The lowest BCUT2D eigenvalue weighted by Crippen LogP contribution is -1.95. The van der Waals surface area contributed by atoms with Gasteiger partial charge in [-0.1, -0.05) is 55.6 Å². The van der Waals surface area contributed by atoms with Crippen molar-refractivity contribution in [1.82, 2.24) is 0 Å². The number of benzene rings is 2. The topological polar surface area (TPSA) is 9.23 Å². The zero-order valence-corrected chi connectivity index (χ0v) is 13.9. The van der Waals surface area contributed by atoms with Gasteiger partial charge in [-0.25, -0.2) is 0 Å². The molecule has 0 N–H and O–H groups in total. The SMILES string of the molecule is Clc1ccc(Br)c(C(Br)c2ccc3c(c2)CCO3)c1. The molecule has 98 valence electrons. The molecule has 0 amide bonds. The molecule has 1 aliphatic rings. The fourth-order valence-corrected chi connectivity index (χ4v) is 3.88. The molecule has 0 radical (unpaired) electrons. The molecule has 0 spiro atoms. The van der Waals surface area contributed by atoms with Gasteiger partial charge in [0.05, 0.1) is 11.4 Å². The van der Waals surface area contributed by atoms with Gasteiger partial charge < -0.3 is 4.74 Å². The van der Waals surface area contributed by atoms with Crippen LogP contribution in [0.25, 0.3) is 0 Å². The van der Waals surface area contributed by atoms with E-state index in [-0.39, 0.29) is 4.83 Å². The first-order valence-electron chi connectivity index (χ1n) is 6.00. The van der Waals surface area contributed by atoms with Gasteiger partial charge in [-0.05, 0) is 41.0 Å². The summed E-state index contributed by atoms with van der Waals surface area (Å²) in [6, 6.07) is 12.2. The van der Waals surface area contributed by atoms with Gasteiger partial charge in [0, 0.05) is 15.9 Å². The van der Waals surface area contributed by atoms with E-state index in [0.29, 0.717) is 0 Å². The van der Waals surface area contributed by atoms with Gasteiger partial charge in [0.15, 0.2) is 0 Å². The average Bonchev–Trinajstić information content (AvgIpc) is 2.88. The van der Waals surface area contributed by atoms with Gasteiger partial charge >= 0.3 is 0 Å². The van der Waals surface area contributed by atoms with Crippen molar-refractivity contribution >= 4 is 43.5 Å². The smallest absolute Gasteiger partial charge is 0.122 e. The lowest BCUT2D eigenvalue weighted by Gasteiger charge is -2.14. The zero-order chi connectivity index (χ0) is 13.4. The average molecular weight is 403 g/mol. The summed E-state index contributed by atoms with van der Waals surface area (Å²) in [6.07, 6.45) is 0.986. The normalized spacial score (nSPS) is 14.9. The number of alkyl halides is 1. The molecule has 0 bridgehead atoms. The van der Waals surface area contributed by atoms with Crippen LogP contribution in [0.1, 0.15) is 21.5 Å². The van der Waals surface area contributed by atoms with Crippen molar-refractivity contribution in [2.75, 3.05) is 6.61 Å². The second kappa shape index (κ2) is 5.47. The Labute approximate surface area is 134 Å². The van der Waals surface area contributed by atoms with E-state index in [4.69, 9.17) is 16.3 Å². The summed E-state index contributed by atoms with van der Waals surface area (Å²) in [6.45, 7) is 0.784. The second-order valence-corrected chi connectivity index (χ2v) is 6.70. The monoisotopic (exact) mass is 400 g/mol. The number of rotatable bonds is 2. The predicted molar refractivity (Wildman–Crippen MR) is 85.6 cm³/mol. The highest BCUT2D eigenvalue weighted by Crippen LogP contribution is 2.39. The highest BCUT2D eigenvalue weighted by molar-refractivity contribution is 9.11. The molecule has 1 unspecified atom stereocenters. The van der Waals surface area contributed by atoms with Crippen molar-refractivity contribution in [2.45, 2.75) is 11.2 Å². The van der Waals surface area contributed by atoms with E-state index < -0.39 is 0 Å². The van der Waals surface area contributed by atoms with Gasteiger partial charge in [-0.15, -0.1) is 0 Å². The Hall–Kier alpha value is -0.510. The molecule has 1 heterocycles. The van der Waals surface area contributed by atoms with Crippen LogP contribution in [0, 0.1) is 0 Å². The molecule has 0 aromatic heterocycles. The molecular formula is C15H11Br2ClO. The third kappa shape index (κ3) is 2.69. The molecule has 1 atom stereocenters. The molecule has 1 nitrogen and oxygen atoms in total. The Balaban J connectivity index is 1.99. The van der Waals surface area contributed by atoms with Crippen LogP contribution < -0.4 is 4.74 Å². The Morgan fingerprint density at radius 3 is 2.84 bits per heavy atom. The maximum atomic E-state index is 6.08. The van der Waals surface area contributed by atoms with Crippen molar-refractivity contribution < 1.29 is 4.74 Å². The van der Waals surface area contributed by atoms with Crippen LogP contribution in [0.2, 0.25) is 5.02 Å². The summed E-state index contributed by atoms with van der Waals surface area (Å²) >= 11 is 13.4. The number of hydrogen-bond donors (Lipinski definition) is 0. The standard InChI is InChI=1S/C15H11Br2ClO/c16-13-3-2-11(18)8-12(13)15(17)10-1-4-14-9(7-10)5-6-19-14/h1-4,7-8,15H,5-6H2. The van der Waals surface area contributed by atoms with Gasteiger partial charge in [-0.3, -0.25) is 0 Å². The first-order chi connectivity index (χ1) is 9.15. The van der Waals surface area contributed by atoms with Gasteiger partial charge in [-0.2, -0.15) is 0 Å². The fourth-order valence-electron chi connectivity index (χ4n) is 2.25. The van der Waals surface area contributed by atoms with Gasteiger partial charge in [0.25, 0.3) is 0 Å². The Kier molecular flexibility index (Phi) is 3.88. The molecule has 3 rings (SSSR count). The quantitative estimate of drug-likeness (QED) is 0.601. The minimum Gasteiger partial charge on any atom is -0.493 e. The summed E-state index contributed by atoms with van der Waals surface area (Å²) in [5.41, 5.74) is 3.62. The molecule has 0 fully saturated rings. The second-order valence-electron chi connectivity index (χ2n) is 4.49.